The van der Waals surface area contributed by atoms with Crippen molar-refractivity contribution < 1.29 is 5.21 Å². The molecule has 1 heterocycles. The fourth-order valence-corrected chi connectivity index (χ4v) is 3.06. The largest absolute Gasteiger partial charge is 0.409 e. The van der Waals surface area contributed by atoms with Crippen LogP contribution in [-0.4, -0.2) is 16.0 Å². The number of para-hydroxylation sites is 1. The molecule has 2 aromatic carbocycles. The van der Waals surface area contributed by atoms with E-state index in [4.69, 9.17) is 10.9 Å². The summed E-state index contributed by atoms with van der Waals surface area (Å²) >= 11 is 1.73. The summed E-state index contributed by atoms with van der Waals surface area (Å²) in [5, 5.41) is 14.1. The van der Waals surface area contributed by atoms with Gasteiger partial charge in [-0.3, -0.25) is 0 Å². The number of H-pyrrole nitrogens is 1. The van der Waals surface area contributed by atoms with Crippen LogP contribution in [0.25, 0.3) is 10.9 Å². The monoisotopic (exact) mass is 297 g/mol. The number of thioether (sulfide) groups is 1. The number of nitrogens with two attached hydrogens (primary N) is 1. The third kappa shape index (κ3) is 3.03. The number of benzene rings is 2. The van der Waals surface area contributed by atoms with Crippen LogP contribution in [-0.2, 0) is 5.75 Å². The number of hydrogen-bond acceptors (Lipinski definition) is 3. The standard InChI is InChI=1S/C16H15N3OS/c17-16(19-20)13-6-3-4-11(8-13)10-21-15-9-12-5-1-2-7-14(12)18-15/h1-9,18,20H,10H2,(H2,17,19). The van der Waals surface area contributed by atoms with Gasteiger partial charge in [-0.05, 0) is 23.8 Å². The Labute approximate surface area is 126 Å². The van der Waals surface area contributed by atoms with Crippen LogP contribution < -0.4 is 5.73 Å². The van der Waals surface area contributed by atoms with Crippen LogP contribution in [0, 0.1) is 0 Å². The van der Waals surface area contributed by atoms with Crippen LogP contribution in [0.15, 0.2) is 64.8 Å². The molecule has 0 amide bonds. The van der Waals surface area contributed by atoms with E-state index >= 15 is 0 Å². The van der Waals surface area contributed by atoms with Crippen LogP contribution in [0.1, 0.15) is 11.1 Å². The normalized spacial score (nSPS) is 11.9. The number of fused-ring (bicyclic) bond motifs is 1. The first kappa shape index (κ1) is 13.6. The second kappa shape index (κ2) is 5.93. The summed E-state index contributed by atoms with van der Waals surface area (Å²) in [4.78, 5) is 3.39. The highest BCUT2D eigenvalue weighted by Crippen LogP contribution is 2.26. The van der Waals surface area contributed by atoms with Gasteiger partial charge in [0.1, 0.15) is 0 Å². The van der Waals surface area contributed by atoms with Crippen LogP contribution >= 0.6 is 11.8 Å². The highest BCUT2D eigenvalue weighted by Gasteiger charge is 2.04. The second-order valence-electron chi connectivity index (χ2n) is 4.70. The highest BCUT2D eigenvalue weighted by atomic mass is 32.2. The molecule has 21 heavy (non-hydrogen) atoms. The van der Waals surface area contributed by atoms with E-state index in [0.29, 0.717) is 0 Å². The SMILES string of the molecule is N/C(=N/O)c1cccc(CSc2cc3ccccc3[nH]2)c1. The minimum absolute atomic E-state index is 0.132. The Morgan fingerprint density at radius 2 is 2.00 bits per heavy atom. The summed E-state index contributed by atoms with van der Waals surface area (Å²) in [5.41, 5.74) is 8.61. The number of aromatic amines is 1. The van der Waals surface area contributed by atoms with E-state index in [0.717, 1.165) is 27.4 Å². The van der Waals surface area contributed by atoms with Crippen LogP contribution in [0.2, 0.25) is 0 Å². The lowest BCUT2D eigenvalue weighted by Gasteiger charge is -2.03. The maximum Gasteiger partial charge on any atom is 0.170 e. The molecule has 5 heteroatoms. The van der Waals surface area contributed by atoms with Gasteiger partial charge in [0.2, 0.25) is 0 Å². The van der Waals surface area contributed by atoms with E-state index in [2.05, 4.69) is 28.3 Å². The number of amidine groups is 1. The quantitative estimate of drug-likeness (QED) is 0.227. The molecule has 106 valence electrons. The predicted octanol–water partition coefficient (Wildman–Crippen LogP) is 3.55. The molecule has 0 unspecified atom stereocenters. The van der Waals surface area contributed by atoms with Gasteiger partial charge < -0.3 is 15.9 Å². The van der Waals surface area contributed by atoms with E-state index in [1.807, 2.05) is 36.4 Å². The Hall–Kier alpha value is -2.40. The Bertz CT molecular complexity index is 762. The maximum atomic E-state index is 8.72. The molecule has 0 bridgehead atoms. The van der Waals surface area contributed by atoms with Gasteiger partial charge in [0.25, 0.3) is 0 Å². The van der Waals surface area contributed by atoms with Crippen molar-refractivity contribution in [3.8, 4) is 0 Å². The highest BCUT2D eigenvalue weighted by molar-refractivity contribution is 7.98. The molecule has 0 saturated carbocycles. The molecule has 3 rings (SSSR count). The van der Waals surface area contributed by atoms with Crippen molar-refractivity contribution in [1.82, 2.24) is 4.98 Å². The van der Waals surface area contributed by atoms with Crippen molar-refractivity contribution in [2.24, 2.45) is 10.9 Å². The molecule has 4 nitrogen and oxygen atoms in total. The molecule has 0 saturated heterocycles. The van der Waals surface area contributed by atoms with Crippen molar-refractivity contribution >= 4 is 28.5 Å². The summed E-state index contributed by atoms with van der Waals surface area (Å²) in [6.07, 6.45) is 0. The molecule has 0 aliphatic heterocycles. The summed E-state index contributed by atoms with van der Waals surface area (Å²) in [5.74, 6) is 0.951. The first-order valence-electron chi connectivity index (χ1n) is 6.53. The van der Waals surface area contributed by atoms with Gasteiger partial charge >= 0.3 is 0 Å². The van der Waals surface area contributed by atoms with Crippen LogP contribution in [0.3, 0.4) is 0 Å². The molecule has 3 aromatic rings. The minimum atomic E-state index is 0.132. The molecule has 0 aliphatic rings. The van der Waals surface area contributed by atoms with E-state index in [-0.39, 0.29) is 5.84 Å². The zero-order chi connectivity index (χ0) is 14.7. The van der Waals surface area contributed by atoms with Crippen molar-refractivity contribution in [3.05, 3.63) is 65.7 Å². The first-order valence-corrected chi connectivity index (χ1v) is 7.52. The van der Waals surface area contributed by atoms with Gasteiger partial charge in [0.05, 0.1) is 5.03 Å². The zero-order valence-corrected chi connectivity index (χ0v) is 12.1. The summed E-state index contributed by atoms with van der Waals surface area (Å²) in [6, 6.07) is 18.1. The van der Waals surface area contributed by atoms with Gasteiger partial charge in [-0.2, -0.15) is 0 Å². The predicted molar refractivity (Wildman–Crippen MR) is 86.8 cm³/mol. The molecule has 0 aliphatic carbocycles. The van der Waals surface area contributed by atoms with E-state index in [9.17, 15) is 0 Å². The van der Waals surface area contributed by atoms with Crippen LogP contribution in [0.5, 0.6) is 0 Å². The molecule has 1 aromatic heterocycles. The minimum Gasteiger partial charge on any atom is -0.409 e. The van der Waals surface area contributed by atoms with Gasteiger partial charge in [0, 0.05) is 22.2 Å². The van der Waals surface area contributed by atoms with Gasteiger partial charge in [-0.1, -0.05) is 41.6 Å². The number of nitrogens with one attached hydrogen (secondary N) is 1. The number of nitrogens with zero attached hydrogens (tertiary/aromatic N) is 1. The molecular formula is C16H15N3OS. The van der Waals surface area contributed by atoms with E-state index in [1.54, 1.807) is 11.8 Å². The van der Waals surface area contributed by atoms with E-state index in [1.165, 1.54) is 5.39 Å². The van der Waals surface area contributed by atoms with Gasteiger partial charge in [0.15, 0.2) is 5.84 Å². The third-order valence-electron chi connectivity index (χ3n) is 3.23. The lowest BCUT2D eigenvalue weighted by atomic mass is 10.1. The second-order valence-corrected chi connectivity index (χ2v) is 5.71. The number of oxime groups is 1. The number of aromatic nitrogens is 1. The fourth-order valence-electron chi connectivity index (χ4n) is 2.16. The lowest BCUT2D eigenvalue weighted by molar-refractivity contribution is 0.318. The number of hydrogen-bond donors (Lipinski definition) is 3. The average molecular weight is 297 g/mol. The molecular weight excluding hydrogens is 282 g/mol. The number of rotatable bonds is 4. The molecule has 4 N–H and O–H groups in total. The Kier molecular flexibility index (Phi) is 3.83. The topological polar surface area (TPSA) is 74.4 Å². The van der Waals surface area contributed by atoms with Gasteiger partial charge in [-0.25, -0.2) is 0 Å². The van der Waals surface area contributed by atoms with Crippen molar-refractivity contribution in [3.63, 3.8) is 0 Å². The smallest absolute Gasteiger partial charge is 0.170 e. The molecule has 0 fully saturated rings. The summed E-state index contributed by atoms with van der Waals surface area (Å²) < 4.78 is 0. The zero-order valence-electron chi connectivity index (χ0n) is 11.3. The summed E-state index contributed by atoms with van der Waals surface area (Å²) in [6.45, 7) is 0. The molecule has 0 spiro atoms. The Balaban J connectivity index is 1.75. The molecule has 0 radical (unpaired) electrons. The van der Waals surface area contributed by atoms with Gasteiger partial charge in [-0.15, -0.1) is 11.8 Å². The van der Waals surface area contributed by atoms with Crippen LogP contribution in [0.4, 0.5) is 0 Å². The van der Waals surface area contributed by atoms with Crippen molar-refractivity contribution in [2.45, 2.75) is 10.8 Å². The first-order chi connectivity index (χ1) is 10.3. The summed E-state index contributed by atoms with van der Waals surface area (Å²) in [7, 11) is 0. The fraction of sp³-hybridized carbons (Fsp3) is 0.0625. The Morgan fingerprint density at radius 3 is 2.81 bits per heavy atom. The Morgan fingerprint density at radius 1 is 1.14 bits per heavy atom. The van der Waals surface area contributed by atoms with Crippen molar-refractivity contribution in [1.29, 1.82) is 0 Å². The third-order valence-corrected chi connectivity index (χ3v) is 4.24. The van der Waals surface area contributed by atoms with Crippen molar-refractivity contribution in [2.75, 3.05) is 0 Å². The maximum absolute atomic E-state index is 8.72. The lowest BCUT2D eigenvalue weighted by Crippen LogP contribution is -2.13. The van der Waals surface area contributed by atoms with E-state index < -0.39 is 0 Å². The average Bonchev–Trinajstić information content (AvgIpc) is 2.95. The molecule has 0 atom stereocenters.